The topological polar surface area (TPSA) is 21.3 Å². The number of ether oxygens (including phenoxy) is 1. The zero-order chi connectivity index (χ0) is 14.8. The van der Waals surface area contributed by atoms with E-state index in [9.17, 15) is 0 Å². The number of benzene rings is 1. The van der Waals surface area contributed by atoms with Gasteiger partial charge >= 0.3 is 0 Å². The van der Waals surface area contributed by atoms with Crippen molar-refractivity contribution in [2.45, 2.75) is 58.9 Å². The quantitative estimate of drug-likeness (QED) is 0.653. The Kier molecular flexibility index (Phi) is 8.36. The zero-order valence-corrected chi connectivity index (χ0v) is 13.6. The van der Waals surface area contributed by atoms with Gasteiger partial charge in [0.25, 0.3) is 0 Å². The highest BCUT2D eigenvalue weighted by Gasteiger charge is 2.16. The number of hydrogen-bond donors (Lipinski definition) is 1. The number of nitrogens with one attached hydrogen (secondary N) is 1. The second-order valence-electron chi connectivity index (χ2n) is 5.54. The van der Waals surface area contributed by atoms with Crippen molar-refractivity contribution in [3.63, 3.8) is 0 Å². The molecule has 0 aromatic heterocycles. The Bertz CT molecular complexity index is 364. The van der Waals surface area contributed by atoms with Gasteiger partial charge in [0.1, 0.15) is 5.75 Å². The fourth-order valence-corrected chi connectivity index (χ4v) is 2.76. The summed E-state index contributed by atoms with van der Waals surface area (Å²) in [5.74, 6) is 1.76. The van der Waals surface area contributed by atoms with E-state index in [4.69, 9.17) is 4.74 Å². The molecule has 2 nitrogen and oxygen atoms in total. The van der Waals surface area contributed by atoms with E-state index in [1.165, 1.54) is 37.7 Å². The van der Waals surface area contributed by atoms with E-state index >= 15 is 0 Å². The third kappa shape index (κ3) is 5.54. The van der Waals surface area contributed by atoms with Crippen LogP contribution < -0.4 is 10.1 Å². The number of unbranched alkanes of at least 4 members (excludes halogenated alkanes) is 1. The van der Waals surface area contributed by atoms with Gasteiger partial charge in [-0.25, -0.2) is 0 Å². The average Bonchev–Trinajstić information content (AvgIpc) is 2.50. The lowest BCUT2D eigenvalue weighted by atomic mass is 9.89. The molecule has 0 fully saturated rings. The van der Waals surface area contributed by atoms with Crippen LogP contribution in [0.25, 0.3) is 0 Å². The summed E-state index contributed by atoms with van der Waals surface area (Å²) in [4.78, 5) is 0. The molecule has 0 spiro atoms. The van der Waals surface area contributed by atoms with Crippen molar-refractivity contribution in [1.82, 2.24) is 5.32 Å². The molecule has 1 N–H and O–H groups in total. The van der Waals surface area contributed by atoms with Gasteiger partial charge in [-0.05, 0) is 36.6 Å². The molecule has 0 radical (unpaired) electrons. The van der Waals surface area contributed by atoms with Crippen LogP contribution in [-0.4, -0.2) is 13.7 Å². The van der Waals surface area contributed by atoms with Crippen molar-refractivity contribution < 1.29 is 4.74 Å². The van der Waals surface area contributed by atoms with Crippen molar-refractivity contribution in [1.29, 1.82) is 0 Å². The van der Waals surface area contributed by atoms with E-state index in [0.717, 1.165) is 18.2 Å². The van der Waals surface area contributed by atoms with E-state index in [1.807, 2.05) is 6.07 Å². The van der Waals surface area contributed by atoms with E-state index < -0.39 is 0 Å². The van der Waals surface area contributed by atoms with E-state index in [2.05, 4.69) is 44.3 Å². The van der Waals surface area contributed by atoms with Crippen LogP contribution >= 0.6 is 0 Å². The molecule has 2 atom stereocenters. The lowest BCUT2D eigenvalue weighted by molar-refractivity contribution is 0.355. The lowest BCUT2D eigenvalue weighted by Crippen LogP contribution is -2.23. The highest BCUT2D eigenvalue weighted by Crippen LogP contribution is 2.28. The minimum Gasteiger partial charge on any atom is -0.497 e. The SMILES string of the molecule is CCCCC(CC)CC(NCC)c1cccc(OC)c1. The van der Waals surface area contributed by atoms with Crippen LogP contribution in [0.15, 0.2) is 24.3 Å². The van der Waals surface area contributed by atoms with Crippen molar-refractivity contribution in [3.8, 4) is 5.75 Å². The molecule has 1 aromatic carbocycles. The Labute approximate surface area is 124 Å². The summed E-state index contributed by atoms with van der Waals surface area (Å²) in [6.07, 6.45) is 6.47. The normalized spacial score (nSPS) is 14.0. The van der Waals surface area contributed by atoms with Crippen LogP contribution in [0.2, 0.25) is 0 Å². The molecule has 1 rings (SSSR count). The Morgan fingerprint density at radius 2 is 2.00 bits per heavy atom. The smallest absolute Gasteiger partial charge is 0.119 e. The molecule has 2 heteroatoms. The molecule has 0 aliphatic heterocycles. The van der Waals surface area contributed by atoms with Gasteiger partial charge in [0.15, 0.2) is 0 Å². The average molecular weight is 277 g/mol. The van der Waals surface area contributed by atoms with Gasteiger partial charge in [-0.15, -0.1) is 0 Å². The number of rotatable bonds is 10. The molecule has 0 saturated heterocycles. The molecule has 0 bridgehead atoms. The fraction of sp³-hybridized carbons (Fsp3) is 0.667. The molecule has 0 heterocycles. The lowest BCUT2D eigenvalue weighted by Gasteiger charge is -2.24. The van der Waals surface area contributed by atoms with Crippen LogP contribution in [0.3, 0.4) is 0 Å². The summed E-state index contributed by atoms with van der Waals surface area (Å²) < 4.78 is 5.35. The maximum absolute atomic E-state index is 5.35. The highest BCUT2D eigenvalue weighted by molar-refractivity contribution is 5.30. The molecular formula is C18H31NO. The molecule has 0 aliphatic rings. The highest BCUT2D eigenvalue weighted by atomic mass is 16.5. The van der Waals surface area contributed by atoms with E-state index in [-0.39, 0.29) is 0 Å². The number of methoxy groups -OCH3 is 1. The Hall–Kier alpha value is -1.02. The van der Waals surface area contributed by atoms with Crippen LogP contribution in [0.4, 0.5) is 0 Å². The first-order valence-corrected chi connectivity index (χ1v) is 8.12. The predicted molar refractivity (Wildman–Crippen MR) is 87.3 cm³/mol. The van der Waals surface area contributed by atoms with Crippen molar-refractivity contribution in [2.24, 2.45) is 5.92 Å². The van der Waals surface area contributed by atoms with Gasteiger partial charge < -0.3 is 10.1 Å². The molecule has 0 saturated carbocycles. The molecular weight excluding hydrogens is 246 g/mol. The Morgan fingerprint density at radius 3 is 2.60 bits per heavy atom. The van der Waals surface area contributed by atoms with Gasteiger partial charge in [-0.3, -0.25) is 0 Å². The monoisotopic (exact) mass is 277 g/mol. The van der Waals surface area contributed by atoms with Crippen LogP contribution in [0, 0.1) is 5.92 Å². The first kappa shape index (κ1) is 17.0. The summed E-state index contributed by atoms with van der Waals surface area (Å²) in [6.45, 7) is 7.78. The van der Waals surface area contributed by atoms with Gasteiger partial charge in [0.05, 0.1) is 7.11 Å². The largest absolute Gasteiger partial charge is 0.497 e. The Morgan fingerprint density at radius 1 is 1.20 bits per heavy atom. The molecule has 2 unspecified atom stereocenters. The van der Waals surface area contributed by atoms with Gasteiger partial charge in [-0.2, -0.15) is 0 Å². The number of hydrogen-bond acceptors (Lipinski definition) is 2. The van der Waals surface area contributed by atoms with Gasteiger partial charge in [0, 0.05) is 6.04 Å². The second kappa shape index (κ2) is 9.82. The zero-order valence-electron chi connectivity index (χ0n) is 13.6. The molecule has 114 valence electrons. The van der Waals surface area contributed by atoms with Crippen LogP contribution in [-0.2, 0) is 0 Å². The van der Waals surface area contributed by atoms with Gasteiger partial charge in [0.2, 0.25) is 0 Å². The first-order valence-electron chi connectivity index (χ1n) is 8.12. The van der Waals surface area contributed by atoms with E-state index in [0.29, 0.717) is 6.04 Å². The minimum absolute atomic E-state index is 0.442. The van der Waals surface area contributed by atoms with Crippen LogP contribution in [0.5, 0.6) is 5.75 Å². The summed E-state index contributed by atoms with van der Waals surface area (Å²) in [7, 11) is 1.73. The van der Waals surface area contributed by atoms with Gasteiger partial charge in [-0.1, -0.05) is 58.6 Å². The van der Waals surface area contributed by atoms with Crippen molar-refractivity contribution in [2.75, 3.05) is 13.7 Å². The molecule has 0 aliphatic carbocycles. The van der Waals surface area contributed by atoms with Crippen LogP contribution in [0.1, 0.15) is 64.5 Å². The molecule has 0 amide bonds. The standard InChI is InChI=1S/C18H31NO/c1-5-8-10-15(6-2)13-18(19-7-3)16-11-9-12-17(14-16)20-4/h9,11-12,14-15,18-19H,5-8,10,13H2,1-4H3. The predicted octanol–water partition coefficient (Wildman–Crippen LogP) is 4.95. The third-order valence-corrected chi connectivity index (χ3v) is 4.06. The second-order valence-corrected chi connectivity index (χ2v) is 5.54. The maximum Gasteiger partial charge on any atom is 0.119 e. The molecule has 20 heavy (non-hydrogen) atoms. The molecule has 1 aromatic rings. The maximum atomic E-state index is 5.35. The third-order valence-electron chi connectivity index (χ3n) is 4.06. The minimum atomic E-state index is 0.442. The first-order chi connectivity index (χ1) is 9.74. The fourth-order valence-electron chi connectivity index (χ4n) is 2.76. The summed E-state index contributed by atoms with van der Waals surface area (Å²) in [5.41, 5.74) is 1.35. The van der Waals surface area contributed by atoms with Crippen molar-refractivity contribution >= 4 is 0 Å². The van der Waals surface area contributed by atoms with E-state index in [1.54, 1.807) is 7.11 Å². The summed E-state index contributed by atoms with van der Waals surface area (Å²) >= 11 is 0. The Balaban J connectivity index is 2.75. The van der Waals surface area contributed by atoms with Crippen molar-refractivity contribution in [3.05, 3.63) is 29.8 Å². The summed E-state index contributed by atoms with van der Waals surface area (Å²) in [6, 6.07) is 8.92. The summed E-state index contributed by atoms with van der Waals surface area (Å²) in [5, 5.41) is 3.64.